The molecule has 2 rings (SSSR count). The summed E-state index contributed by atoms with van der Waals surface area (Å²) < 4.78 is 109. The number of carbonyl (C=O) groups is 3. The lowest BCUT2D eigenvalue weighted by atomic mass is 9.87. The molecule has 0 spiro atoms. The zero-order chi connectivity index (χ0) is 32.0. The molecule has 1 aromatic carbocycles. The van der Waals surface area contributed by atoms with Gasteiger partial charge in [0.15, 0.2) is 0 Å². The Balaban J connectivity index is 2.00. The number of hydrogen-bond acceptors (Lipinski definition) is 8. The van der Waals surface area contributed by atoms with Crippen molar-refractivity contribution in [1.29, 1.82) is 0 Å². The van der Waals surface area contributed by atoms with Crippen molar-refractivity contribution in [3.63, 3.8) is 0 Å². The Labute approximate surface area is 244 Å². The molecule has 0 amide bonds. The molecular formula is C29H34F6O8. The highest BCUT2D eigenvalue weighted by Gasteiger charge is 2.48. The van der Waals surface area contributed by atoms with E-state index in [0.29, 0.717) is 44.4 Å². The Kier molecular flexibility index (Phi) is 14.0. The number of ether oxygens (including phenoxy) is 5. The lowest BCUT2D eigenvalue weighted by Gasteiger charge is -2.28. The fourth-order valence-electron chi connectivity index (χ4n) is 4.29. The van der Waals surface area contributed by atoms with E-state index < -0.39 is 58.8 Å². The molecule has 1 fully saturated rings. The normalized spacial score (nSPS) is 17.1. The predicted octanol–water partition coefficient (Wildman–Crippen LogP) is 6.60. The summed E-state index contributed by atoms with van der Waals surface area (Å²) in [5, 5.41) is 0. The summed E-state index contributed by atoms with van der Waals surface area (Å²) in [4.78, 5) is 34.7. The monoisotopic (exact) mass is 624 g/mol. The van der Waals surface area contributed by atoms with E-state index in [9.17, 15) is 40.7 Å². The summed E-state index contributed by atoms with van der Waals surface area (Å²) in [5.41, 5.74) is -4.25. The quantitative estimate of drug-likeness (QED) is 0.0667. The molecule has 0 unspecified atom stereocenters. The van der Waals surface area contributed by atoms with Crippen molar-refractivity contribution in [2.75, 3.05) is 26.4 Å². The van der Waals surface area contributed by atoms with Crippen LogP contribution in [0.25, 0.3) is 0 Å². The first-order valence-corrected chi connectivity index (χ1v) is 13.6. The van der Waals surface area contributed by atoms with Gasteiger partial charge >= 0.3 is 30.3 Å². The van der Waals surface area contributed by atoms with Crippen LogP contribution in [-0.4, -0.2) is 50.4 Å². The van der Waals surface area contributed by atoms with Gasteiger partial charge in [-0.25, -0.2) is 9.59 Å². The first-order valence-electron chi connectivity index (χ1n) is 13.6. The molecule has 0 aromatic heterocycles. The topological polar surface area (TPSA) is 97.4 Å². The van der Waals surface area contributed by atoms with Gasteiger partial charge in [-0.05, 0) is 63.5 Å². The van der Waals surface area contributed by atoms with Gasteiger partial charge in [0.25, 0.3) is 0 Å². The van der Waals surface area contributed by atoms with Gasteiger partial charge in [0.1, 0.15) is 22.6 Å². The molecule has 8 nitrogen and oxygen atoms in total. The van der Waals surface area contributed by atoms with Crippen molar-refractivity contribution in [1.82, 2.24) is 0 Å². The molecule has 0 saturated heterocycles. The minimum Gasteiger partial charge on any atom is -0.493 e. The Morgan fingerprint density at radius 1 is 0.721 bits per heavy atom. The second kappa shape index (κ2) is 16.9. The molecule has 1 aliphatic carbocycles. The van der Waals surface area contributed by atoms with Crippen molar-refractivity contribution in [2.45, 2.75) is 69.8 Å². The fourth-order valence-corrected chi connectivity index (χ4v) is 4.29. The van der Waals surface area contributed by atoms with Crippen LogP contribution >= 0.6 is 0 Å². The Morgan fingerprint density at radius 2 is 1.19 bits per heavy atom. The van der Waals surface area contributed by atoms with Crippen LogP contribution in [0, 0.1) is 5.92 Å². The Hall–Kier alpha value is -3.55. The van der Waals surface area contributed by atoms with Crippen LogP contribution in [0.5, 0.6) is 11.5 Å². The molecule has 0 radical (unpaired) electrons. The third-order valence-corrected chi connectivity index (χ3v) is 6.42. The number of unbranched alkanes of at least 4 members (excludes halogenated alkanes) is 2. The van der Waals surface area contributed by atoms with E-state index in [1.807, 2.05) is 0 Å². The number of benzene rings is 1. The number of carbonyl (C=O) groups excluding carboxylic acids is 3. The van der Waals surface area contributed by atoms with Gasteiger partial charge in [0, 0.05) is 18.8 Å². The van der Waals surface area contributed by atoms with E-state index in [-0.39, 0.29) is 51.6 Å². The van der Waals surface area contributed by atoms with Gasteiger partial charge in [-0.3, -0.25) is 4.79 Å². The molecule has 1 aromatic rings. The number of esters is 3. The van der Waals surface area contributed by atoms with Crippen LogP contribution in [0.15, 0.2) is 37.4 Å². The van der Waals surface area contributed by atoms with Crippen LogP contribution in [0.1, 0.15) is 62.5 Å². The highest BCUT2D eigenvalue weighted by molar-refractivity contribution is 5.81. The zero-order valence-electron chi connectivity index (χ0n) is 23.4. The molecule has 0 heterocycles. The summed E-state index contributed by atoms with van der Waals surface area (Å²) in [6.07, 6.45) is -6.52. The number of halogens is 6. The summed E-state index contributed by atoms with van der Waals surface area (Å²) in [6, 6.07) is 1.32. The summed E-state index contributed by atoms with van der Waals surface area (Å²) >= 11 is 0. The van der Waals surface area contributed by atoms with Gasteiger partial charge in [0.2, 0.25) is 0 Å². The standard InChI is InChI=1S/C29H34F6O8/c1-3-23(36)41-17-7-5-15-39-20-11-9-19(10-12-20)27(38)43-22-14-13-21(40-16-6-8-18-42-24(37)4-2)25(28(30,31)32)26(22)29(33,34)35/h3-4,13-14,19-20H,1-2,5-12,15-18H2. The largest absolute Gasteiger partial charge is 0.493 e. The van der Waals surface area contributed by atoms with Crippen LogP contribution in [0.4, 0.5) is 26.3 Å². The van der Waals surface area contributed by atoms with Crippen LogP contribution < -0.4 is 9.47 Å². The molecular weight excluding hydrogens is 590 g/mol. The first kappa shape index (κ1) is 35.6. The average molecular weight is 625 g/mol. The van der Waals surface area contributed by atoms with E-state index >= 15 is 0 Å². The van der Waals surface area contributed by atoms with Crippen LogP contribution in [0.2, 0.25) is 0 Å². The second-order valence-corrected chi connectivity index (χ2v) is 9.58. The van der Waals surface area contributed by atoms with E-state index in [2.05, 4.69) is 13.2 Å². The molecule has 0 bridgehead atoms. The molecule has 43 heavy (non-hydrogen) atoms. The molecule has 14 heteroatoms. The number of alkyl halides is 6. The maximum atomic E-state index is 14.0. The van der Waals surface area contributed by atoms with Crippen molar-refractivity contribution in [2.24, 2.45) is 5.92 Å². The lowest BCUT2D eigenvalue weighted by molar-refractivity contribution is -0.165. The van der Waals surface area contributed by atoms with Crippen LogP contribution in [0.3, 0.4) is 0 Å². The highest BCUT2D eigenvalue weighted by Crippen LogP contribution is 2.49. The smallest absolute Gasteiger partial charge is 0.420 e. The van der Waals surface area contributed by atoms with Gasteiger partial charge in [0.05, 0.1) is 31.8 Å². The van der Waals surface area contributed by atoms with Crippen molar-refractivity contribution in [3.8, 4) is 11.5 Å². The minimum atomic E-state index is -5.52. The van der Waals surface area contributed by atoms with Crippen molar-refractivity contribution >= 4 is 17.9 Å². The minimum absolute atomic E-state index is 0.0773. The zero-order valence-corrected chi connectivity index (χ0v) is 23.4. The average Bonchev–Trinajstić information content (AvgIpc) is 2.95. The van der Waals surface area contributed by atoms with Crippen molar-refractivity contribution < 1.29 is 64.4 Å². The van der Waals surface area contributed by atoms with Gasteiger partial charge in [-0.15, -0.1) is 0 Å². The first-order chi connectivity index (χ1) is 20.3. The van der Waals surface area contributed by atoms with E-state index in [1.165, 1.54) is 0 Å². The van der Waals surface area contributed by atoms with Gasteiger partial charge in [-0.2, -0.15) is 26.3 Å². The number of rotatable bonds is 16. The third-order valence-electron chi connectivity index (χ3n) is 6.42. The van der Waals surface area contributed by atoms with E-state index in [4.69, 9.17) is 23.7 Å². The molecule has 0 N–H and O–H groups in total. The Bertz CT molecular complexity index is 1110. The predicted molar refractivity (Wildman–Crippen MR) is 140 cm³/mol. The van der Waals surface area contributed by atoms with Crippen LogP contribution in [-0.2, 0) is 40.9 Å². The third kappa shape index (κ3) is 11.9. The summed E-state index contributed by atoms with van der Waals surface area (Å²) in [6.45, 7) is 6.61. The lowest BCUT2D eigenvalue weighted by Crippen LogP contribution is -2.30. The molecule has 0 aliphatic heterocycles. The summed E-state index contributed by atoms with van der Waals surface area (Å²) in [5.74, 6) is -5.43. The fraction of sp³-hybridized carbons (Fsp3) is 0.552. The summed E-state index contributed by atoms with van der Waals surface area (Å²) in [7, 11) is 0. The molecule has 1 saturated carbocycles. The van der Waals surface area contributed by atoms with E-state index in [0.717, 1.165) is 12.2 Å². The second-order valence-electron chi connectivity index (χ2n) is 9.58. The SMILES string of the molecule is C=CC(=O)OCCCCOc1ccc(OC(=O)C2CCC(OCCCCOC(=O)C=C)CC2)c(C(F)(F)F)c1C(F)(F)F. The molecule has 240 valence electrons. The highest BCUT2D eigenvalue weighted by atomic mass is 19.4. The maximum Gasteiger partial charge on any atom is 0.420 e. The maximum absolute atomic E-state index is 14.0. The molecule has 1 aliphatic rings. The Morgan fingerprint density at radius 3 is 1.70 bits per heavy atom. The van der Waals surface area contributed by atoms with E-state index in [1.54, 1.807) is 0 Å². The van der Waals surface area contributed by atoms with Gasteiger partial charge < -0.3 is 23.7 Å². The van der Waals surface area contributed by atoms with Gasteiger partial charge in [-0.1, -0.05) is 13.2 Å². The van der Waals surface area contributed by atoms with Crippen molar-refractivity contribution in [3.05, 3.63) is 48.6 Å². The molecule has 0 atom stereocenters. The number of hydrogen-bond donors (Lipinski definition) is 0.